The van der Waals surface area contributed by atoms with E-state index in [-0.39, 0.29) is 17.5 Å². The van der Waals surface area contributed by atoms with Crippen molar-refractivity contribution in [1.29, 1.82) is 0 Å². The van der Waals surface area contributed by atoms with Gasteiger partial charge in [-0.2, -0.15) is 0 Å². The first-order valence-electron chi connectivity index (χ1n) is 6.76. The molecule has 0 aliphatic heterocycles. The molecular formula is C16H12ClFN2OS2. The summed E-state index contributed by atoms with van der Waals surface area (Å²) in [5, 5.41) is 4.00. The zero-order chi connectivity index (χ0) is 16.4. The lowest BCUT2D eigenvalue weighted by molar-refractivity contribution is -0.113. The molecule has 2 aromatic carbocycles. The first-order chi connectivity index (χ1) is 11.0. The van der Waals surface area contributed by atoms with Crippen LogP contribution >= 0.6 is 34.7 Å². The van der Waals surface area contributed by atoms with Crippen LogP contribution in [0, 0.1) is 12.7 Å². The first-order valence-corrected chi connectivity index (χ1v) is 8.94. The van der Waals surface area contributed by atoms with Crippen LogP contribution in [0.1, 0.15) is 5.56 Å². The molecule has 0 bridgehead atoms. The summed E-state index contributed by atoms with van der Waals surface area (Å²) in [6, 6.07) is 9.73. The Morgan fingerprint density at radius 2 is 2.09 bits per heavy atom. The maximum atomic E-state index is 12.8. The minimum Gasteiger partial charge on any atom is -0.301 e. The standard InChI is InChI=1S/C16H12ClFN2OS2/c1-9-6-10(17)7-13-15(9)20-16(23-13)19-14(21)8-22-12-4-2-11(18)3-5-12/h2-7H,8H2,1H3,(H,19,20,21). The molecule has 0 unspecified atom stereocenters. The molecular weight excluding hydrogens is 355 g/mol. The van der Waals surface area contributed by atoms with Gasteiger partial charge in [-0.3, -0.25) is 4.79 Å². The van der Waals surface area contributed by atoms with E-state index in [1.165, 1.54) is 35.2 Å². The van der Waals surface area contributed by atoms with Crippen LogP contribution in [0.3, 0.4) is 0 Å². The number of aryl methyl sites for hydroxylation is 1. The second-order valence-electron chi connectivity index (χ2n) is 4.88. The summed E-state index contributed by atoms with van der Waals surface area (Å²) in [5.74, 6) is -0.203. The van der Waals surface area contributed by atoms with E-state index < -0.39 is 0 Å². The molecule has 0 atom stereocenters. The Bertz CT molecular complexity index is 864. The normalized spacial score (nSPS) is 10.9. The molecule has 23 heavy (non-hydrogen) atoms. The molecule has 1 N–H and O–H groups in total. The van der Waals surface area contributed by atoms with Crippen LogP contribution in [0.15, 0.2) is 41.3 Å². The van der Waals surface area contributed by atoms with Crippen LogP contribution in [-0.4, -0.2) is 16.6 Å². The van der Waals surface area contributed by atoms with E-state index in [2.05, 4.69) is 10.3 Å². The molecule has 3 aromatic rings. The number of halogens is 2. The number of hydrogen-bond donors (Lipinski definition) is 1. The molecule has 3 rings (SSSR count). The molecule has 0 saturated carbocycles. The quantitative estimate of drug-likeness (QED) is 0.651. The van der Waals surface area contributed by atoms with Crippen molar-refractivity contribution >= 4 is 56.0 Å². The lowest BCUT2D eigenvalue weighted by Crippen LogP contribution is -2.13. The summed E-state index contributed by atoms with van der Waals surface area (Å²) < 4.78 is 13.8. The Morgan fingerprint density at radius 3 is 2.83 bits per heavy atom. The average Bonchev–Trinajstić information content (AvgIpc) is 2.89. The maximum absolute atomic E-state index is 12.8. The Kier molecular flexibility index (Phi) is 4.84. The number of nitrogens with one attached hydrogen (secondary N) is 1. The van der Waals surface area contributed by atoms with Gasteiger partial charge in [-0.15, -0.1) is 11.8 Å². The number of rotatable bonds is 4. The highest BCUT2D eigenvalue weighted by atomic mass is 35.5. The van der Waals surface area contributed by atoms with Gasteiger partial charge in [-0.1, -0.05) is 22.9 Å². The van der Waals surface area contributed by atoms with Gasteiger partial charge in [0.25, 0.3) is 0 Å². The van der Waals surface area contributed by atoms with Crippen molar-refractivity contribution in [2.24, 2.45) is 0 Å². The molecule has 0 saturated heterocycles. The highest BCUT2D eigenvalue weighted by Gasteiger charge is 2.10. The zero-order valence-electron chi connectivity index (χ0n) is 12.1. The van der Waals surface area contributed by atoms with Crippen molar-refractivity contribution in [3.05, 3.63) is 52.8 Å². The maximum Gasteiger partial charge on any atom is 0.236 e. The van der Waals surface area contributed by atoms with Gasteiger partial charge in [0.15, 0.2) is 5.13 Å². The number of anilines is 1. The Balaban J connectivity index is 1.65. The molecule has 7 heteroatoms. The number of amides is 1. The summed E-state index contributed by atoms with van der Waals surface area (Å²) in [6.07, 6.45) is 0. The molecule has 3 nitrogen and oxygen atoms in total. The minimum absolute atomic E-state index is 0.151. The monoisotopic (exact) mass is 366 g/mol. The van der Waals surface area contributed by atoms with Crippen LogP contribution in [0.5, 0.6) is 0 Å². The van der Waals surface area contributed by atoms with E-state index in [4.69, 9.17) is 11.6 Å². The second-order valence-corrected chi connectivity index (χ2v) is 7.40. The molecule has 0 fully saturated rings. The van der Waals surface area contributed by atoms with Crippen molar-refractivity contribution in [3.8, 4) is 0 Å². The highest BCUT2D eigenvalue weighted by Crippen LogP contribution is 2.31. The number of benzene rings is 2. The first kappa shape index (κ1) is 16.2. The van der Waals surface area contributed by atoms with E-state index in [1.54, 1.807) is 12.1 Å². The van der Waals surface area contributed by atoms with Gasteiger partial charge in [-0.25, -0.2) is 9.37 Å². The summed E-state index contributed by atoms with van der Waals surface area (Å²) in [5.41, 5.74) is 1.82. The van der Waals surface area contributed by atoms with Crippen molar-refractivity contribution in [2.45, 2.75) is 11.8 Å². The predicted molar refractivity (Wildman–Crippen MR) is 95.1 cm³/mol. The summed E-state index contributed by atoms with van der Waals surface area (Å²) in [6.45, 7) is 1.93. The SMILES string of the molecule is Cc1cc(Cl)cc2sc(NC(=O)CSc3ccc(F)cc3)nc12. The lowest BCUT2D eigenvalue weighted by Gasteiger charge is -2.02. The van der Waals surface area contributed by atoms with Crippen LogP contribution in [0.4, 0.5) is 9.52 Å². The molecule has 0 spiro atoms. The second kappa shape index (κ2) is 6.86. The van der Waals surface area contributed by atoms with Crippen molar-refractivity contribution < 1.29 is 9.18 Å². The topological polar surface area (TPSA) is 42.0 Å². The van der Waals surface area contributed by atoms with Crippen molar-refractivity contribution in [1.82, 2.24) is 4.98 Å². The van der Waals surface area contributed by atoms with Gasteiger partial charge in [0.1, 0.15) is 5.82 Å². The molecule has 0 radical (unpaired) electrons. The fourth-order valence-corrected chi connectivity index (χ4v) is 4.08. The Hall–Kier alpha value is -1.63. The molecule has 0 aliphatic rings. The Morgan fingerprint density at radius 1 is 1.35 bits per heavy atom. The van der Waals surface area contributed by atoms with Gasteiger partial charge >= 0.3 is 0 Å². The van der Waals surface area contributed by atoms with Gasteiger partial charge < -0.3 is 5.32 Å². The third-order valence-electron chi connectivity index (χ3n) is 3.08. The number of thioether (sulfide) groups is 1. The number of thiazole rings is 1. The fourth-order valence-electron chi connectivity index (χ4n) is 2.04. The zero-order valence-corrected chi connectivity index (χ0v) is 14.5. The Labute approximate surface area is 145 Å². The third-order valence-corrected chi connectivity index (χ3v) is 5.23. The van der Waals surface area contributed by atoms with Crippen LogP contribution in [-0.2, 0) is 4.79 Å². The minimum atomic E-state index is -0.290. The number of carbonyl (C=O) groups excluding carboxylic acids is 1. The largest absolute Gasteiger partial charge is 0.301 e. The summed E-state index contributed by atoms with van der Waals surface area (Å²) in [4.78, 5) is 17.3. The smallest absolute Gasteiger partial charge is 0.236 e. The number of nitrogens with zero attached hydrogens (tertiary/aromatic N) is 1. The molecule has 1 aromatic heterocycles. The number of fused-ring (bicyclic) bond motifs is 1. The highest BCUT2D eigenvalue weighted by molar-refractivity contribution is 8.00. The fraction of sp³-hybridized carbons (Fsp3) is 0.125. The van der Waals surface area contributed by atoms with Crippen molar-refractivity contribution in [2.75, 3.05) is 11.1 Å². The van der Waals surface area contributed by atoms with Gasteiger partial charge in [-0.05, 0) is 48.9 Å². The number of hydrogen-bond acceptors (Lipinski definition) is 4. The van der Waals surface area contributed by atoms with E-state index >= 15 is 0 Å². The third kappa shape index (κ3) is 4.02. The van der Waals surface area contributed by atoms with E-state index in [0.29, 0.717) is 10.2 Å². The average molecular weight is 367 g/mol. The molecule has 0 aliphatic carbocycles. The van der Waals surface area contributed by atoms with E-state index in [9.17, 15) is 9.18 Å². The lowest BCUT2D eigenvalue weighted by atomic mass is 10.2. The molecule has 1 heterocycles. The summed E-state index contributed by atoms with van der Waals surface area (Å²) >= 11 is 8.77. The number of aromatic nitrogens is 1. The molecule has 1 amide bonds. The van der Waals surface area contributed by atoms with E-state index in [0.717, 1.165) is 20.7 Å². The van der Waals surface area contributed by atoms with Gasteiger partial charge in [0.2, 0.25) is 5.91 Å². The molecule has 118 valence electrons. The van der Waals surface area contributed by atoms with Crippen LogP contribution in [0.25, 0.3) is 10.2 Å². The predicted octanol–water partition coefficient (Wildman–Crippen LogP) is 5.13. The van der Waals surface area contributed by atoms with E-state index in [1.807, 2.05) is 19.1 Å². The summed E-state index contributed by atoms with van der Waals surface area (Å²) in [7, 11) is 0. The van der Waals surface area contributed by atoms with Gasteiger partial charge in [0, 0.05) is 9.92 Å². The number of carbonyl (C=O) groups is 1. The van der Waals surface area contributed by atoms with Gasteiger partial charge in [0.05, 0.1) is 16.0 Å². The van der Waals surface area contributed by atoms with Crippen molar-refractivity contribution in [3.63, 3.8) is 0 Å². The van der Waals surface area contributed by atoms with Crippen LogP contribution in [0.2, 0.25) is 5.02 Å². The van der Waals surface area contributed by atoms with Crippen LogP contribution < -0.4 is 5.32 Å².